The minimum atomic E-state index is -1.55. The van der Waals surface area contributed by atoms with Crippen molar-refractivity contribution in [2.24, 2.45) is 0 Å². The van der Waals surface area contributed by atoms with Crippen LogP contribution in [-0.2, 0) is 14.3 Å². The Balaban J connectivity index is 2.15. The number of carbonyl (C=O) groups is 1. The summed E-state index contributed by atoms with van der Waals surface area (Å²) < 4.78 is 11.3. The molecule has 1 aliphatic heterocycles. The molecule has 9 nitrogen and oxygen atoms in total. The normalized spacial score (nSPS) is 19.1. The van der Waals surface area contributed by atoms with Crippen LogP contribution in [0.25, 0.3) is 0 Å². The molecular formula is C63H123NO8. The molecule has 1 fully saturated rings. The number of hydrogen-bond acceptors (Lipinski definition) is 8. The van der Waals surface area contributed by atoms with Gasteiger partial charge in [0.2, 0.25) is 5.91 Å². The maximum absolute atomic E-state index is 13.1. The molecule has 7 unspecified atom stereocenters. The first-order valence-electron chi connectivity index (χ1n) is 31.9. The lowest BCUT2D eigenvalue weighted by molar-refractivity contribution is -0.302. The highest BCUT2D eigenvalue weighted by atomic mass is 16.7. The zero-order valence-corrected chi connectivity index (χ0v) is 47.7. The smallest absolute Gasteiger partial charge is 0.220 e. The summed E-state index contributed by atoms with van der Waals surface area (Å²) in [4.78, 5) is 13.1. The Morgan fingerprint density at radius 3 is 1.12 bits per heavy atom. The number of rotatable bonds is 56. The van der Waals surface area contributed by atoms with Gasteiger partial charge in [-0.3, -0.25) is 4.79 Å². The first kappa shape index (κ1) is 68.9. The minimum Gasteiger partial charge on any atom is -0.394 e. The molecule has 0 aliphatic carbocycles. The highest BCUT2D eigenvalue weighted by molar-refractivity contribution is 5.76. The molecule has 0 aromatic carbocycles. The third-order valence-electron chi connectivity index (χ3n) is 15.6. The molecule has 1 heterocycles. The van der Waals surface area contributed by atoms with Gasteiger partial charge in [0.25, 0.3) is 0 Å². The van der Waals surface area contributed by atoms with E-state index < -0.39 is 49.5 Å². The molecule has 0 bridgehead atoms. The average molecular weight is 1020 g/mol. The number of unbranched alkanes of at least 4 members (excludes halogenated alkanes) is 44. The van der Waals surface area contributed by atoms with Crippen LogP contribution in [0, 0.1) is 0 Å². The maximum Gasteiger partial charge on any atom is 0.220 e. The molecule has 9 heteroatoms. The van der Waals surface area contributed by atoms with Gasteiger partial charge in [0.15, 0.2) is 6.29 Å². The summed E-state index contributed by atoms with van der Waals surface area (Å²) in [6.07, 6.45) is 59.7. The van der Waals surface area contributed by atoms with Gasteiger partial charge in [0.1, 0.15) is 24.4 Å². The Morgan fingerprint density at radius 2 is 0.778 bits per heavy atom. The Kier molecular flexibility index (Phi) is 51.1. The van der Waals surface area contributed by atoms with E-state index in [0.29, 0.717) is 12.8 Å². The number of amides is 1. The second kappa shape index (κ2) is 53.3. The molecule has 1 saturated heterocycles. The van der Waals surface area contributed by atoms with E-state index in [1.807, 2.05) is 0 Å². The molecule has 0 spiro atoms. The van der Waals surface area contributed by atoms with E-state index in [1.54, 1.807) is 0 Å². The largest absolute Gasteiger partial charge is 0.394 e. The molecule has 428 valence electrons. The second-order valence-corrected chi connectivity index (χ2v) is 22.6. The summed E-state index contributed by atoms with van der Waals surface area (Å²) in [7, 11) is 0. The highest BCUT2D eigenvalue weighted by Crippen LogP contribution is 2.24. The summed E-state index contributed by atoms with van der Waals surface area (Å²) in [5.74, 6) is -0.139. The van der Waals surface area contributed by atoms with E-state index in [0.717, 1.165) is 38.5 Å². The van der Waals surface area contributed by atoms with Gasteiger partial charge in [-0.25, -0.2) is 0 Å². The summed E-state index contributed by atoms with van der Waals surface area (Å²) >= 11 is 0. The van der Waals surface area contributed by atoms with Crippen molar-refractivity contribution in [2.45, 2.75) is 371 Å². The molecule has 7 atom stereocenters. The fourth-order valence-corrected chi connectivity index (χ4v) is 10.6. The average Bonchev–Trinajstić information content (AvgIpc) is 3.38. The predicted octanol–water partition coefficient (Wildman–Crippen LogP) is 16.4. The summed E-state index contributed by atoms with van der Waals surface area (Å²) in [6, 6.07) is -0.718. The summed E-state index contributed by atoms with van der Waals surface area (Å²) in [5.41, 5.74) is 0. The van der Waals surface area contributed by atoms with Crippen molar-refractivity contribution >= 4 is 5.91 Å². The van der Waals surface area contributed by atoms with Gasteiger partial charge in [-0.05, 0) is 38.5 Å². The molecule has 1 amide bonds. The third-order valence-corrected chi connectivity index (χ3v) is 15.6. The molecule has 0 aromatic rings. The molecule has 0 aromatic heterocycles. The molecule has 6 N–H and O–H groups in total. The third kappa shape index (κ3) is 42.1. The summed E-state index contributed by atoms with van der Waals surface area (Å²) in [5, 5.41) is 54.8. The fourth-order valence-electron chi connectivity index (χ4n) is 10.6. The monoisotopic (exact) mass is 1020 g/mol. The van der Waals surface area contributed by atoms with Crippen molar-refractivity contribution in [1.82, 2.24) is 5.32 Å². The van der Waals surface area contributed by atoms with Crippen LogP contribution in [0.2, 0.25) is 0 Å². The van der Waals surface area contributed by atoms with Crippen molar-refractivity contribution in [3.63, 3.8) is 0 Å². The molecular weight excluding hydrogens is 899 g/mol. The van der Waals surface area contributed by atoms with E-state index in [2.05, 4.69) is 31.3 Å². The fraction of sp³-hybridized carbons (Fsp3) is 0.952. The highest BCUT2D eigenvalue weighted by Gasteiger charge is 2.44. The minimum absolute atomic E-state index is 0.134. The second-order valence-electron chi connectivity index (χ2n) is 22.6. The standard InChI is InChI=1S/C63H123NO8/c1-3-5-7-9-11-13-15-17-19-21-23-25-27-28-29-31-33-35-37-39-41-43-45-47-49-51-53-59(67)64-56(55-71-63-62(70)61(69)60(68)58(54-65)72-63)57(66)52-50-48-46-44-42-40-38-36-34-32-30-26-24-22-20-18-16-14-12-10-8-6-4-2/h28-29,56-58,60-63,65-66,68-70H,3-27,30-55H2,1-2H3,(H,64,67)/b29-28-. The van der Waals surface area contributed by atoms with Gasteiger partial charge in [-0.2, -0.15) is 0 Å². The predicted molar refractivity (Wildman–Crippen MR) is 304 cm³/mol. The van der Waals surface area contributed by atoms with Gasteiger partial charge in [-0.15, -0.1) is 0 Å². The molecule has 72 heavy (non-hydrogen) atoms. The first-order chi connectivity index (χ1) is 35.3. The summed E-state index contributed by atoms with van der Waals surface area (Å²) in [6.45, 7) is 3.89. The lowest BCUT2D eigenvalue weighted by Crippen LogP contribution is -2.60. The number of hydrogen-bond donors (Lipinski definition) is 6. The van der Waals surface area contributed by atoms with Crippen LogP contribution >= 0.6 is 0 Å². The lowest BCUT2D eigenvalue weighted by Gasteiger charge is -2.40. The van der Waals surface area contributed by atoms with E-state index in [4.69, 9.17) is 9.47 Å². The van der Waals surface area contributed by atoms with Crippen LogP contribution in [-0.4, -0.2) is 87.5 Å². The lowest BCUT2D eigenvalue weighted by atomic mass is 9.99. The number of aliphatic hydroxyl groups is 5. The van der Waals surface area contributed by atoms with Crippen LogP contribution in [0.3, 0.4) is 0 Å². The Morgan fingerprint density at radius 1 is 0.458 bits per heavy atom. The Hall–Kier alpha value is -1.07. The SMILES string of the molecule is CCCCCCCCCCCCCC/C=C\CCCCCCCCCCCCC(=O)NC(COC1OC(CO)C(O)C(O)C1O)C(O)CCCCCCCCCCCCCCCCCCCCCCCCC. The topological polar surface area (TPSA) is 149 Å². The quantitative estimate of drug-likeness (QED) is 0.0261. The van der Waals surface area contributed by atoms with E-state index in [1.165, 1.54) is 263 Å². The number of nitrogens with one attached hydrogen (secondary N) is 1. The zero-order chi connectivity index (χ0) is 52.2. The molecule has 1 aliphatic rings. The zero-order valence-electron chi connectivity index (χ0n) is 47.7. The van der Waals surface area contributed by atoms with Crippen molar-refractivity contribution in [1.29, 1.82) is 0 Å². The number of allylic oxidation sites excluding steroid dienone is 2. The molecule has 1 rings (SSSR count). The van der Waals surface area contributed by atoms with Gasteiger partial charge in [0, 0.05) is 6.42 Å². The van der Waals surface area contributed by atoms with Crippen LogP contribution in [0.4, 0.5) is 0 Å². The van der Waals surface area contributed by atoms with Crippen LogP contribution < -0.4 is 5.32 Å². The number of ether oxygens (including phenoxy) is 2. The van der Waals surface area contributed by atoms with Gasteiger partial charge in [-0.1, -0.05) is 296 Å². The van der Waals surface area contributed by atoms with Crippen molar-refractivity contribution in [3.8, 4) is 0 Å². The molecule has 0 saturated carbocycles. The van der Waals surface area contributed by atoms with Crippen LogP contribution in [0.15, 0.2) is 12.2 Å². The van der Waals surface area contributed by atoms with Crippen molar-refractivity contribution in [3.05, 3.63) is 12.2 Å². The van der Waals surface area contributed by atoms with E-state index in [9.17, 15) is 30.3 Å². The van der Waals surface area contributed by atoms with E-state index >= 15 is 0 Å². The first-order valence-corrected chi connectivity index (χ1v) is 31.9. The van der Waals surface area contributed by atoms with Gasteiger partial charge < -0.3 is 40.3 Å². The van der Waals surface area contributed by atoms with Gasteiger partial charge >= 0.3 is 0 Å². The number of carbonyl (C=O) groups excluding carboxylic acids is 1. The molecule has 0 radical (unpaired) electrons. The Bertz CT molecular complexity index is 1140. The Labute approximate surface area is 446 Å². The maximum atomic E-state index is 13.1. The van der Waals surface area contributed by atoms with Crippen LogP contribution in [0.5, 0.6) is 0 Å². The van der Waals surface area contributed by atoms with Gasteiger partial charge in [0.05, 0.1) is 25.4 Å². The number of aliphatic hydroxyl groups excluding tert-OH is 5. The van der Waals surface area contributed by atoms with Crippen molar-refractivity contribution < 1.29 is 39.8 Å². The van der Waals surface area contributed by atoms with Crippen molar-refractivity contribution in [2.75, 3.05) is 13.2 Å². The van der Waals surface area contributed by atoms with Crippen LogP contribution in [0.1, 0.15) is 328 Å². The van der Waals surface area contributed by atoms with E-state index in [-0.39, 0.29) is 12.5 Å².